The van der Waals surface area contributed by atoms with E-state index < -0.39 is 5.60 Å². The van der Waals surface area contributed by atoms with E-state index in [9.17, 15) is 9.59 Å². The molecule has 6 nitrogen and oxygen atoms in total. The first-order chi connectivity index (χ1) is 10.3. The lowest BCUT2D eigenvalue weighted by molar-refractivity contribution is -0.121. The highest BCUT2D eigenvalue weighted by atomic mass is 16.6. The highest BCUT2D eigenvalue weighted by Gasteiger charge is 2.30. The van der Waals surface area contributed by atoms with Crippen LogP contribution in [0.5, 0.6) is 0 Å². The van der Waals surface area contributed by atoms with E-state index >= 15 is 0 Å². The Labute approximate surface area is 130 Å². The first-order valence-electron chi connectivity index (χ1n) is 7.48. The van der Waals surface area contributed by atoms with E-state index in [1.807, 2.05) is 32.9 Å². The van der Waals surface area contributed by atoms with Gasteiger partial charge in [0.15, 0.2) is 5.78 Å². The van der Waals surface area contributed by atoms with Crippen molar-refractivity contribution < 1.29 is 14.3 Å². The van der Waals surface area contributed by atoms with E-state index in [0.717, 1.165) is 5.56 Å². The van der Waals surface area contributed by atoms with Crippen molar-refractivity contribution in [3.63, 3.8) is 0 Å². The molecule has 1 N–H and O–H groups in total. The largest absolute Gasteiger partial charge is 0.444 e. The Morgan fingerprint density at radius 3 is 2.86 bits per heavy atom. The van der Waals surface area contributed by atoms with Gasteiger partial charge >= 0.3 is 6.09 Å². The maximum atomic E-state index is 12.4. The van der Waals surface area contributed by atoms with Gasteiger partial charge in [-0.15, -0.1) is 0 Å². The summed E-state index contributed by atoms with van der Waals surface area (Å²) in [5.74, 6) is 0.0567. The molecule has 0 bridgehead atoms. The number of aromatic nitrogens is 1. The van der Waals surface area contributed by atoms with Crippen LogP contribution >= 0.6 is 0 Å². The van der Waals surface area contributed by atoms with Gasteiger partial charge in [-0.3, -0.25) is 9.78 Å². The van der Waals surface area contributed by atoms with Crippen LogP contribution < -0.4 is 5.32 Å². The molecule has 1 aliphatic heterocycles. The average molecular weight is 305 g/mol. The van der Waals surface area contributed by atoms with Gasteiger partial charge in [0.1, 0.15) is 5.60 Å². The van der Waals surface area contributed by atoms with Crippen LogP contribution in [0.4, 0.5) is 4.79 Å². The number of pyridine rings is 1. The van der Waals surface area contributed by atoms with E-state index in [-0.39, 0.29) is 17.9 Å². The molecule has 2 heterocycles. The molecular weight excluding hydrogens is 282 g/mol. The fraction of sp³-hybridized carbons (Fsp3) is 0.562. The van der Waals surface area contributed by atoms with Crippen molar-refractivity contribution in [1.82, 2.24) is 15.2 Å². The predicted octanol–water partition coefficient (Wildman–Crippen LogP) is 1.40. The van der Waals surface area contributed by atoms with Gasteiger partial charge < -0.3 is 15.0 Å². The highest BCUT2D eigenvalue weighted by molar-refractivity contribution is 5.87. The van der Waals surface area contributed by atoms with Crippen LogP contribution in [0.1, 0.15) is 26.3 Å². The van der Waals surface area contributed by atoms with Crippen LogP contribution in [0.2, 0.25) is 0 Å². The van der Waals surface area contributed by atoms with E-state index in [1.165, 1.54) is 0 Å². The molecule has 0 saturated carbocycles. The van der Waals surface area contributed by atoms with E-state index in [0.29, 0.717) is 26.1 Å². The molecule has 1 amide bonds. The van der Waals surface area contributed by atoms with Gasteiger partial charge in [0.05, 0.1) is 6.04 Å². The second-order valence-electron chi connectivity index (χ2n) is 6.44. The zero-order valence-corrected chi connectivity index (χ0v) is 13.3. The van der Waals surface area contributed by atoms with E-state index in [4.69, 9.17) is 4.74 Å². The number of nitrogens with zero attached hydrogens (tertiary/aromatic N) is 2. The van der Waals surface area contributed by atoms with E-state index in [2.05, 4.69) is 10.3 Å². The molecule has 1 atom stereocenters. The summed E-state index contributed by atoms with van der Waals surface area (Å²) in [5.41, 5.74) is 0.348. The minimum atomic E-state index is -0.531. The van der Waals surface area contributed by atoms with Gasteiger partial charge in [0.2, 0.25) is 0 Å². The monoisotopic (exact) mass is 305 g/mol. The molecule has 0 aromatic carbocycles. The van der Waals surface area contributed by atoms with Crippen LogP contribution in [0.3, 0.4) is 0 Å². The second kappa shape index (κ2) is 6.87. The minimum absolute atomic E-state index is 0.0567. The molecular formula is C16H23N3O3. The summed E-state index contributed by atoms with van der Waals surface area (Å²) >= 11 is 0. The zero-order chi connectivity index (χ0) is 16.2. The number of Topliss-reactive ketones (excluding diaryl/α,β-unsaturated/α-hetero) is 1. The summed E-state index contributed by atoms with van der Waals surface area (Å²) in [6, 6.07) is 3.32. The standard InChI is InChI=1S/C16H23N3O3/c1-16(2,3)22-15(21)19-8-7-18-13(11-19)14(20)9-12-5-4-6-17-10-12/h4-6,10,13,18H,7-9,11H2,1-3H3. The summed E-state index contributed by atoms with van der Waals surface area (Å²) in [5, 5.41) is 3.17. The number of carbonyl (C=O) groups excluding carboxylic acids is 2. The molecule has 1 aromatic heterocycles. The number of nitrogens with one attached hydrogen (secondary N) is 1. The molecule has 1 aromatic rings. The number of hydrogen-bond donors (Lipinski definition) is 1. The fourth-order valence-corrected chi connectivity index (χ4v) is 2.28. The molecule has 120 valence electrons. The third-order valence-electron chi connectivity index (χ3n) is 3.32. The summed E-state index contributed by atoms with van der Waals surface area (Å²) in [6.07, 6.45) is 3.31. The number of ether oxygens (including phenoxy) is 1. The Kier molecular flexibility index (Phi) is 5.13. The number of hydrogen-bond acceptors (Lipinski definition) is 5. The number of ketones is 1. The summed E-state index contributed by atoms with van der Waals surface area (Å²) in [4.78, 5) is 30.0. The van der Waals surface area contributed by atoms with Crippen LogP contribution in [-0.4, -0.2) is 53.0 Å². The lowest BCUT2D eigenvalue weighted by Crippen LogP contribution is -2.56. The number of rotatable bonds is 3. The summed E-state index contributed by atoms with van der Waals surface area (Å²) < 4.78 is 5.36. The van der Waals surface area contributed by atoms with E-state index in [1.54, 1.807) is 17.3 Å². The molecule has 22 heavy (non-hydrogen) atoms. The lowest BCUT2D eigenvalue weighted by atomic mass is 10.0. The minimum Gasteiger partial charge on any atom is -0.444 e. The number of carbonyl (C=O) groups is 2. The Hall–Kier alpha value is -1.95. The van der Waals surface area contributed by atoms with Gasteiger partial charge in [-0.25, -0.2) is 4.79 Å². The Morgan fingerprint density at radius 1 is 1.45 bits per heavy atom. The van der Waals surface area contributed by atoms with Gasteiger partial charge in [0, 0.05) is 38.4 Å². The predicted molar refractivity (Wildman–Crippen MR) is 82.5 cm³/mol. The van der Waals surface area contributed by atoms with Crippen molar-refractivity contribution in [2.24, 2.45) is 0 Å². The Morgan fingerprint density at radius 2 is 2.23 bits per heavy atom. The van der Waals surface area contributed by atoms with Gasteiger partial charge in [-0.2, -0.15) is 0 Å². The smallest absolute Gasteiger partial charge is 0.410 e. The fourth-order valence-electron chi connectivity index (χ4n) is 2.28. The van der Waals surface area contributed by atoms with Gasteiger partial charge in [0.25, 0.3) is 0 Å². The van der Waals surface area contributed by atoms with Crippen molar-refractivity contribution in [2.75, 3.05) is 19.6 Å². The lowest BCUT2D eigenvalue weighted by Gasteiger charge is -2.34. The summed E-state index contributed by atoms with van der Waals surface area (Å²) in [6.45, 7) is 6.97. The third-order valence-corrected chi connectivity index (χ3v) is 3.32. The second-order valence-corrected chi connectivity index (χ2v) is 6.44. The average Bonchev–Trinajstić information content (AvgIpc) is 2.46. The quantitative estimate of drug-likeness (QED) is 0.914. The molecule has 2 rings (SSSR count). The molecule has 0 aliphatic carbocycles. The maximum Gasteiger partial charge on any atom is 0.410 e. The van der Waals surface area contributed by atoms with Crippen molar-refractivity contribution in [2.45, 2.75) is 38.8 Å². The Balaban J connectivity index is 1.92. The molecule has 0 radical (unpaired) electrons. The van der Waals surface area contributed by atoms with Crippen molar-refractivity contribution in [3.8, 4) is 0 Å². The first-order valence-corrected chi connectivity index (χ1v) is 7.48. The van der Waals surface area contributed by atoms with Crippen molar-refractivity contribution in [1.29, 1.82) is 0 Å². The van der Waals surface area contributed by atoms with Crippen molar-refractivity contribution >= 4 is 11.9 Å². The van der Waals surface area contributed by atoms with Crippen molar-refractivity contribution in [3.05, 3.63) is 30.1 Å². The van der Waals surface area contributed by atoms with Crippen LogP contribution in [0.15, 0.2) is 24.5 Å². The molecule has 6 heteroatoms. The SMILES string of the molecule is CC(C)(C)OC(=O)N1CCNC(C(=O)Cc2cccnc2)C1. The topological polar surface area (TPSA) is 71.5 Å². The van der Waals surface area contributed by atoms with Crippen LogP contribution in [-0.2, 0) is 16.0 Å². The maximum absolute atomic E-state index is 12.4. The van der Waals surface area contributed by atoms with Crippen LogP contribution in [0.25, 0.3) is 0 Å². The molecule has 1 aliphatic rings. The number of amides is 1. The Bertz CT molecular complexity index is 525. The highest BCUT2D eigenvalue weighted by Crippen LogP contribution is 2.12. The third kappa shape index (κ3) is 4.80. The van der Waals surface area contributed by atoms with Gasteiger partial charge in [-0.1, -0.05) is 6.07 Å². The summed E-state index contributed by atoms with van der Waals surface area (Å²) in [7, 11) is 0. The van der Waals surface area contributed by atoms with Gasteiger partial charge in [-0.05, 0) is 32.4 Å². The molecule has 0 spiro atoms. The molecule has 1 fully saturated rings. The van der Waals surface area contributed by atoms with Crippen LogP contribution in [0, 0.1) is 0 Å². The number of piperazine rings is 1. The normalized spacial score (nSPS) is 18.9. The first kappa shape index (κ1) is 16.4. The zero-order valence-electron chi connectivity index (χ0n) is 13.3. The molecule has 1 saturated heterocycles. The molecule has 1 unspecified atom stereocenters.